The van der Waals surface area contributed by atoms with Gasteiger partial charge in [-0.05, 0) is 24.3 Å². The average Bonchev–Trinajstić information content (AvgIpc) is 2.89. The Morgan fingerprint density at radius 1 is 1.29 bits per heavy atom. The van der Waals surface area contributed by atoms with Gasteiger partial charge in [-0.1, -0.05) is 18.2 Å². The fourth-order valence-corrected chi connectivity index (χ4v) is 2.62. The summed E-state index contributed by atoms with van der Waals surface area (Å²) < 4.78 is 24.3. The third kappa shape index (κ3) is 3.16. The third-order valence-electron chi connectivity index (χ3n) is 3.64. The molecule has 0 bridgehead atoms. The molecule has 0 spiro atoms. The van der Waals surface area contributed by atoms with E-state index in [0.29, 0.717) is 13.1 Å². The van der Waals surface area contributed by atoms with Crippen LogP contribution in [0.2, 0.25) is 0 Å². The van der Waals surface area contributed by atoms with Crippen molar-refractivity contribution in [3.8, 4) is 11.5 Å². The van der Waals surface area contributed by atoms with E-state index in [1.165, 1.54) is 6.07 Å². The first-order valence-corrected chi connectivity index (χ1v) is 7.04. The number of rotatable bonds is 5. The van der Waals surface area contributed by atoms with Crippen molar-refractivity contribution in [3.63, 3.8) is 0 Å². The van der Waals surface area contributed by atoms with Crippen LogP contribution in [0.15, 0.2) is 42.5 Å². The molecule has 3 nitrogen and oxygen atoms in total. The lowest BCUT2D eigenvalue weighted by atomic mass is 10.1. The van der Waals surface area contributed by atoms with Crippen molar-refractivity contribution in [2.45, 2.75) is 19.1 Å². The van der Waals surface area contributed by atoms with Crippen LogP contribution in [-0.2, 0) is 13.0 Å². The van der Waals surface area contributed by atoms with Crippen molar-refractivity contribution in [2.24, 2.45) is 0 Å². The second kappa shape index (κ2) is 6.14. The summed E-state index contributed by atoms with van der Waals surface area (Å²) in [5.41, 5.74) is 2.06. The highest BCUT2D eigenvalue weighted by atomic mass is 19.1. The molecule has 0 aliphatic carbocycles. The number of halogens is 1. The highest BCUT2D eigenvalue weighted by molar-refractivity contribution is 5.38. The fourth-order valence-electron chi connectivity index (χ4n) is 2.62. The Kier molecular flexibility index (Phi) is 4.06. The monoisotopic (exact) mass is 287 g/mol. The van der Waals surface area contributed by atoms with E-state index in [-0.39, 0.29) is 11.9 Å². The molecule has 1 N–H and O–H groups in total. The van der Waals surface area contributed by atoms with Crippen molar-refractivity contribution in [2.75, 3.05) is 13.7 Å². The number of fused-ring (bicyclic) bond motifs is 1. The minimum absolute atomic E-state index is 0.0523. The van der Waals surface area contributed by atoms with Crippen LogP contribution < -0.4 is 14.8 Å². The van der Waals surface area contributed by atoms with E-state index in [9.17, 15) is 4.39 Å². The quantitative estimate of drug-likeness (QED) is 0.917. The van der Waals surface area contributed by atoms with Gasteiger partial charge in [-0.15, -0.1) is 0 Å². The van der Waals surface area contributed by atoms with Gasteiger partial charge in [-0.3, -0.25) is 0 Å². The molecule has 4 heteroatoms. The van der Waals surface area contributed by atoms with Gasteiger partial charge in [0.05, 0.1) is 7.11 Å². The van der Waals surface area contributed by atoms with Crippen LogP contribution in [0, 0.1) is 5.82 Å². The maximum atomic E-state index is 13.2. The van der Waals surface area contributed by atoms with Crippen molar-refractivity contribution < 1.29 is 13.9 Å². The Hall–Kier alpha value is -2.07. The molecule has 0 saturated heterocycles. The zero-order valence-electron chi connectivity index (χ0n) is 11.9. The van der Waals surface area contributed by atoms with Gasteiger partial charge in [0.1, 0.15) is 23.4 Å². The molecule has 2 aromatic carbocycles. The topological polar surface area (TPSA) is 30.5 Å². The van der Waals surface area contributed by atoms with Gasteiger partial charge in [0.15, 0.2) is 0 Å². The van der Waals surface area contributed by atoms with E-state index in [1.54, 1.807) is 19.2 Å². The number of methoxy groups -OCH3 is 1. The smallest absolute Gasteiger partial charge is 0.123 e. The van der Waals surface area contributed by atoms with Crippen LogP contribution in [0.25, 0.3) is 0 Å². The van der Waals surface area contributed by atoms with Gasteiger partial charge in [0.25, 0.3) is 0 Å². The zero-order chi connectivity index (χ0) is 14.7. The maximum Gasteiger partial charge on any atom is 0.123 e. The molecule has 1 unspecified atom stereocenters. The highest BCUT2D eigenvalue weighted by Crippen LogP contribution is 2.29. The summed E-state index contributed by atoms with van der Waals surface area (Å²) in [6, 6.07) is 12.6. The molecule has 0 amide bonds. The minimum Gasteiger partial charge on any atom is -0.496 e. The van der Waals surface area contributed by atoms with Crippen LogP contribution in [0.5, 0.6) is 11.5 Å². The Morgan fingerprint density at radius 3 is 3.00 bits per heavy atom. The summed E-state index contributed by atoms with van der Waals surface area (Å²) in [5, 5.41) is 3.37. The van der Waals surface area contributed by atoms with Gasteiger partial charge < -0.3 is 14.8 Å². The number of hydrogen-bond donors (Lipinski definition) is 1. The number of nitrogens with one attached hydrogen (secondary N) is 1. The van der Waals surface area contributed by atoms with Crippen LogP contribution in [0.3, 0.4) is 0 Å². The lowest BCUT2D eigenvalue weighted by Gasteiger charge is -2.13. The van der Waals surface area contributed by atoms with E-state index >= 15 is 0 Å². The number of benzene rings is 2. The largest absolute Gasteiger partial charge is 0.496 e. The van der Waals surface area contributed by atoms with E-state index < -0.39 is 0 Å². The summed E-state index contributed by atoms with van der Waals surface area (Å²) in [5.74, 6) is 1.46. The summed E-state index contributed by atoms with van der Waals surface area (Å²) in [4.78, 5) is 0. The van der Waals surface area contributed by atoms with E-state index in [1.807, 2.05) is 24.3 Å². The van der Waals surface area contributed by atoms with Crippen molar-refractivity contribution >= 4 is 0 Å². The molecule has 0 saturated carbocycles. The molecule has 3 rings (SSSR count). The molecule has 110 valence electrons. The summed E-state index contributed by atoms with van der Waals surface area (Å²) in [6.07, 6.45) is 0.794. The lowest BCUT2D eigenvalue weighted by molar-refractivity contribution is 0.227. The predicted molar refractivity (Wildman–Crippen MR) is 79.2 cm³/mol. The van der Waals surface area contributed by atoms with E-state index in [4.69, 9.17) is 9.47 Å². The first-order valence-electron chi connectivity index (χ1n) is 7.04. The van der Waals surface area contributed by atoms with Crippen LogP contribution in [0.4, 0.5) is 4.39 Å². The second-order valence-electron chi connectivity index (χ2n) is 5.14. The molecule has 0 radical (unpaired) electrons. The van der Waals surface area contributed by atoms with Crippen molar-refractivity contribution in [1.82, 2.24) is 5.32 Å². The van der Waals surface area contributed by atoms with Crippen LogP contribution in [0.1, 0.15) is 11.1 Å². The molecule has 1 aliphatic heterocycles. The minimum atomic E-state index is -0.208. The molecular weight excluding hydrogens is 269 g/mol. The summed E-state index contributed by atoms with van der Waals surface area (Å²) >= 11 is 0. The summed E-state index contributed by atoms with van der Waals surface area (Å²) in [7, 11) is 1.67. The van der Waals surface area contributed by atoms with Gasteiger partial charge in [-0.2, -0.15) is 0 Å². The molecular formula is C17H18FNO2. The van der Waals surface area contributed by atoms with Crippen LogP contribution in [-0.4, -0.2) is 19.8 Å². The Balaban J connectivity index is 1.53. The Bertz CT molecular complexity index is 630. The highest BCUT2D eigenvalue weighted by Gasteiger charge is 2.22. The number of hydrogen-bond acceptors (Lipinski definition) is 3. The molecule has 1 atom stereocenters. The Labute approximate surface area is 123 Å². The van der Waals surface area contributed by atoms with Gasteiger partial charge in [0, 0.05) is 30.6 Å². The average molecular weight is 287 g/mol. The fraction of sp³-hybridized carbons (Fsp3) is 0.294. The number of ether oxygens (including phenoxy) is 2. The van der Waals surface area contributed by atoms with E-state index in [2.05, 4.69) is 5.32 Å². The van der Waals surface area contributed by atoms with Crippen LogP contribution >= 0.6 is 0 Å². The van der Waals surface area contributed by atoms with Crippen molar-refractivity contribution in [1.29, 1.82) is 0 Å². The molecule has 21 heavy (non-hydrogen) atoms. The third-order valence-corrected chi connectivity index (χ3v) is 3.64. The zero-order valence-corrected chi connectivity index (χ0v) is 11.9. The van der Waals surface area contributed by atoms with Gasteiger partial charge >= 0.3 is 0 Å². The Morgan fingerprint density at radius 2 is 2.14 bits per heavy atom. The molecule has 1 heterocycles. The normalized spacial score (nSPS) is 16.4. The number of para-hydroxylation sites is 1. The molecule has 0 fully saturated rings. The predicted octanol–water partition coefficient (Wildman–Crippen LogP) is 2.93. The maximum absolute atomic E-state index is 13.2. The first-order chi connectivity index (χ1) is 10.3. The molecule has 2 aromatic rings. The molecule has 0 aromatic heterocycles. The molecule has 1 aliphatic rings. The SMILES string of the molecule is COc1ccccc1CNCC1Cc2cc(F)ccc2O1. The van der Waals surface area contributed by atoms with Gasteiger partial charge in [-0.25, -0.2) is 4.39 Å². The van der Waals surface area contributed by atoms with E-state index in [0.717, 1.165) is 29.0 Å². The second-order valence-corrected chi connectivity index (χ2v) is 5.14. The van der Waals surface area contributed by atoms with Gasteiger partial charge in [0.2, 0.25) is 0 Å². The standard InChI is InChI=1S/C17H18FNO2/c1-20-16-5-3-2-4-12(16)10-19-11-15-9-13-8-14(18)6-7-17(13)21-15/h2-8,15,19H,9-11H2,1H3. The first kappa shape index (κ1) is 13.9. The lowest BCUT2D eigenvalue weighted by Crippen LogP contribution is -2.29. The summed E-state index contributed by atoms with van der Waals surface area (Å²) in [6.45, 7) is 1.43. The van der Waals surface area contributed by atoms with Crippen molar-refractivity contribution in [3.05, 3.63) is 59.4 Å².